The van der Waals surface area contributed by atoms with Crippen molar-refractivity contribution in [3.63, 3.8) is 0 Å². The Morgan fingerprint density at radius 3 is 2.52 bits per heavy atom. The number of nitrogens with one attached hydrogen (secondary N) is 1. The maximum absolute atomic E-state index is 12.8. The fraction of sp³-hybridized carbons (Fsp3) is 0.222. The zero-order chi connectivity index (χ0) is 18.3. The van der Waals surface area contributed by atoms with E-state index in [4.69, 9.17) is 5.84 Å². The number of aromatic nitrogens is 2. The van der Waals surface area contributed by atoms with Crippen LogP contribution in [0, 0.1) is 0 Å². The van der Waals surface area contributed by atoms with E-state index in [-0.39, 0.29) is 11.8 Å². The van der Waals surface area contributed by atoms with E-state index in [0.717, 1.165) is 15.6 Å². The summed E-state index contributed by atoms with van der Waals surface area (Å²) in [6, 6.07) is 6.64. The lowest BCUT2D eigenvalue weighted by atomic mass is 9.97. The second-order valence-corrected chi connectivity index (χ2v) is 6.16. The minimum absolute atomic E-state index is 0.122. The molecule has 0 unspecified atom stereocenters. The second-order valence-electron chi connectivity index (χ2n) is 6.16. The first-order chi connectivity index (χ1) is 11.8. The third-order valence-corrected chi connectivity index (χ3v) is 4.16. The van der Waals surface area contributed by atoms with Crippen molar-refractivity contribution in [1.29, 1.82) is 0 Å². The van der Waals surface area contributed by atoms with Crippen LogP contribution in [0.4, 0.5) is 0 Å². The molecule has 3 aromatic rings. The minimum Gasteiger partial charge on any atom is -0.290 e. The van der Waals surface area contributed by atoms with Crippen LogP contribution in [0.15, 0.2) is 35.3 Å². The Hall–Kier alpha value is -3.06. The summed E-state index contributed by atoms with van der Waals surface area (Å²) in [5, 5.41) is 1.66. The maximum atomic E-state index is 12.8. The Balaban J connectivity index is 2.54. The van der Waals surface area contributed by atoms with Gasteiger partial charge < -0.3 is 0 Å². The molecule has 0 aliphatic rings. The van der Waals surface area contributed by atoms with Gasteiger partial charge in [-0.15, -0.1) is 0 Å². The van der Waals surface area contributed by atoms with Crippen LogP contribution in [0.2, 0.25) is 0 Å². The Morgan fingerprint density at radius 1 is 1.20 bits per heavy atom. The fourth-order valence-electron chi connectivity index (χ4n) is 2.95. The quantitative estimate of drug-likeness (QED) is 0.321. The van der Waals surface area contributed by atoms with E-state index in [0.29, 0.717) is 21.9 Å². The van der Waals surface area contributed by atoms with Gasteiger partial charge in [-0.1, -0.05) is 19.9 Å². The van der Waals surface area contributed by atoms with E-state index in [1.165, 1.54) is 13.1 Å². The van der Waals surface area contributed by atoms with Crippen LogP contribution in [-0.2, 0) is 0 Å². The molecule has 1 amide bonds. The van der Waals surface area contributed by atoms with Crippen molar-refractivity contribution < 1.29 is 9.59 Å². The topological polar surface area (TPSA) is 107 Å². The number of rotatable bonds is 2. The van der Waals surface area contributed by atoms with Gasteiger partial charge in [0.2, 0.25) is 5.91 Å². The van der Waals surface area contributed by atoms with E-state index in [1.807, 2.05) is 13.8 Å². The van der Waals surface area contributed by atoms with Gasteiger partial charge in [-0.2, -0.15) is 0 Å². The van der Waals surface area contributed by atoms with Crippen LogP contribution in [-0.4, -0.2) is 21.4 Å². The highest BCUT2D eigenvalue weighted by Crippen LogP contribution is 2.29. The molecule has 3 rings (SSSR count). The summed E-state index contributed by atoms with van der Waals surface area (Å²) in [5.74, 6) is 4.49. The lowest BCUT2D eigenvalue weighted by molar-refractivity contribution is 0.0930. The highest BCUT2D eigenvalue weighted by atomic mass is 16.2. The van der Waals surface area contributed by atoms with Gasteiger partial charge in [0.05, 0.1) is 16.6 Å². The molecule has 25 heavy (non-hydrogen) atoms. The first-order valence-corrected chi connectivity index (χ1v) is 7.86. The predicted molar refractivity (Wildman–Crippen MR) is 95.6 cm³/mol. The normalized spacial score (nSPS) is 11.2. The largest absolute Gasteiger partial charge is 0.290 e. The van der Waals surface area contributed by atoms with E-state index >= 15 is 0 Å². The van der Waals surface area contributed by atoms with Crippen LogP contribution in [0.3, 0.4) is 0 Å². The molecule has 0 bridgehead atoms. The second kappa shape index (κ2) is 6.10. The number of amides is 1. The number of carbonyl (C=O) groups is 2. The van der Waals surface area contributed by atoms with Crippen molar-refractivity contribution in [2.75, 3.05) is 0 Å². The molecule has 0 fully saturated rings. The van der Waals surface area contributed by atoms with E-state index < -0.39 is 11.5 Å². The number of hydrogen-bond donors (Lipinski definition) is 2. The van der Waals surface area contributed by atoms with Crippen molar-refractivity contribution in [3.05, 3.63) is 52.1 Å². The molecule has 7 heteroatoms. The number of pyridine rings is 2. The number of nitrogens with zero attached hydrogens (tertiary/aromatic N) is 2. The third kappa shape index (κ3) is 2.68. The maximum Gasteiger partial charge on any atom is 0.267 e. The van der Waals surface area contributed by atoms with Crippen LogP contribution < -0.4 is 16.8 Å². The van der Waals surface area contributed by atoms with Gasteiger partial charge in [-0.25, -0.2) is 5.84 Å². The third-order valence-electron chi connectivity index (χ3n) is 4.16. The molecule has 0 aliphatic heterocycles. The van der Waals surface area contributed by atoms with E-state index in [1.54, 1.807) is 24.3 Å². The monoisotopic (exact) mass is 338 g/mol. The molecule has 0 saturated heterocycles. The van der Waals surface area contributed by atoms with Crippen LogP contribution in [0.5, 0.6) is 0 Å². The Kier molecular flexibility index (Phi) is 4.10. The van der Waals surface area contributed by atoms with Gasteiger partial charge in [0, 0.05) is 24.1 Å². The molecule has 1 aromatic carbocycles. The summed E-state index contributed by atoms with van der Waals surface area (Å²) in [7, 11) is 0. The number of hydrogen-bond acceptors (Lipinski definition) is 5. The number of fused-ring (bicyclic) bond motifs is 3. The summed E-state index contributed by atoms with van der Waals surface area (Å²) in [6.45, 7) is 5.33. The number of hydrazine groups is 1. The predicted octanol–water partition coefficient (Wildman–Crippen LogP) is 1.94. The lowest BCUT2D eigenvalue weighted by Gasteiger charge is -2.13. The zero-order valence-corrected chi connectivity index (χ0v) is 14.2. The molecule has 2 heterocycles. The summed E-state index contributed by atoms with van der Waals surface area (Å²) in [6.07, 6.45) is 1.42. The van der Waals surface area contributed by atoms with Crippen molar-refractivity contribution >= 4 is 33.5 Å². The molecule has 128 valence electrons. The SMILES string of the molecule is CC(=O)n1ccc2nc(C(C)C)c3ccc(C(=O)NN)cc3c2c1=O. The molecule has 0 radical (unpaired) electrons. The van der Waals surface area contributed by atoms with E-state index in [9.17, 15) is 14.4 Å². The average molecular weight is 338 g/mol. The number of nitrogens with two attached hydrogens (primary N) is 1. The number of carbonyl (C=O) groups excluding carboxylic acids is 2. The molecule has 0 atom stereocenters. The molecule has 7 nitrogen and oxygen atoms in total. The van der Waals surface area contributed by atoms with Crippen molar-refractivity contribution in [2.45, 2.75) is 26.7 Å². The highest BCUT2D eigenvalue weighted by molar-refractivity contribution is 6.09. The van der Waals surface area contributed by atoms with Crippen LogP contribution >= 0.6 is 0 Å². The van der Waals surface area contributed by atoms with Gasteiger partial charge in [-0.3, -0.25) is 29.4 Å². The minimum atomic E-state index is -0.458. The van der Waals surface area contributed by atoms with Gasteiger partial charge in [0.25, 0.3) is 11.5 Å². The summed E-state index contributed by atoms with van der Waals surface area (Å²) >= 11 is 0. The Morgan fingerprint density at radius 2 is 1.92 bits per heavy atom. The first-order valence-electron chi connectivity index (χ1n) is 7.86. The summed E-state index contributed by atoms with van der Waals surface area (Å²) in [5.41, 5.74) is 3.27. The van der Waals surface area contributed by atoms with Crippen molar-refractivity contribution in [1.82, 2.24) is 15.0 Å². The fourth-order valence-corrected chi connectivity index (χ4v) is 2.95. The zero-order valence-electron chi connectivity index (χ0n) is 14.2. The molecule has 2 aromatic heterocycles. The molecular formula is C18H18N4O3. The average Bonchev–Trinajstić information content (AvgIpc) is 2.59. The van der Waals surface area contributed by atoms with Gasteiger partial charge in [-0.05, 0) is 29.5 Å². The molecular weight excluding hydrogens is 320 g/mol. The van der Waals surface area contributed by atoms with Gasteiger partial charge in [0.15, 0.2) is 0 Å². The Labute approximate surface area is 143 Å². The summed E-state index contributed by atoms with van der Waals surface area (Å²) < 4.78 is 1.04. The molecule has 0 spiro atoms. The highest BCUT2D eigenvalue weighted by Gasteiger charge is 2.17. The first kappa shape index (κ1) is 16.8. The van der Waals surface area contributed by atoms with Crippen LogP contribution in [0.1, 0.15) is 47.5 Å². The standard InChI is InChI=1S/C18H18N4O3/c1-9(2)16-12-5-4-11(17(24)21-19)8-13(12)15-14(20-16)6-7-22(10(3)23)18(15)25/h4-9H,19H2,1-3H3,(H,21,24). The Bertz CT molecular complexity index is 1080. The van der Waals surface area contributed by atoms with Gasteiger partial charge in [0.1, 0.15) is 0 Å². The molecule has 0 saturated carbocycles. The smallest absolute Gasteiger partial charge is 0.267 e. The molecule has 3 N–H and O–H groups in total. The van der Waals surface area contributed by atoms with Crippen LogP contribution in [0.25, 0.3) is 21.7 Å². The van der Waals surface area contributed by atoms with E-state index in [2.05, 4.69) is 10.4 Å². The summed E-state index contributed by atoms with van der Waals surface area (Å²) in [4.78, 5) is 41.0. The lowest BCUT2D eigenvalue weighted by Crippen LogP contribution is -2.30. The van der Waals surface area contributed by atoms with Gasteiger partial charge >= 0.3 is 0 Å². The molecule has 0 aliphatic carbocycles. The number of nitrogen functional groups attached to an aromatic ring is 1. The van der Waals surface area contributed by atoms with Crippen molar-refractivity contribution in [3.8, 4) is 0 Å². The number of benzene rings is 1. The van der Waals surface area contributed by atoms with Crippen molar-refractivity contribution in [2.24, 2.45) is 5.84 Å².